The summed E-state index contributed by atoms with van der Waals surface area (Å²) < 4.78 is 0. The first-order valence-corrected chi connectivity index (χ1v) is 5.47. The number of phenols is 1. The Kier molecular flexibility index (Phi) is 3.82. The second-order valence-electron chi connectivity index (χ2n) is 4.86. The molecule has 0 heterocycles. The largest absolute Gasteiger partial charge is 0.506 e. The first-order chi connectivity index (χ1) is 8.25. The molecule has 1 N–H and O–H groups in total. The minimum Gasteiger partial charge on any atom is -0.506 e. The number of anilines is 1. The molecule has 0 aromatic heterocycles. The molecule has 5 heteroatoms. The molecule has 0 atom stereocenters. The second kappa shape index (κ2) is 4.96. The van der Waals surface area contributed by atoms with Crippen molar-refractivity contribution < 1.29 is 14.7 Å². The van der Waals surface area contributed by atoms with Crippen molar-refractivity contribution in [2.24, 2.45) is 0 Å². The average molecular weight is 248 g/mol. The molecule has 1 aromatic rings. The van der Waals surface area contributed by atoms with E-state index in [9.17, 15) is 9.90 Å². The number of hydrogen-bond acceptors (Lipinski definition) is 5. The molecule has 0 fully saturated rings. The Balaban J connectivity index is 3.22. The number of rotatable bonds is 2. The van der Waals surface area contributed by atoms with Crippen LogP contribution >= 0.6 is 0 Å². The summed E-state index contributed by atoms with van der Waals surface area (Å²) in [5, 5.41) is 19.9. The lowest BCUT2D eigenvalue weighted by Gasteiger charge is -2.35. The van der Waals surface area contributed by atoms with Crippen LogP contribution in [0.4, 0.5) is 5.69 Å². The van der Waals surface area contributed by atoms with Crippen LogP contribution in [0.25, 0.3) is 0 Å². The Bertz CT molecular complexity index is 498. The summed E-state index contributed by atoms with van der Waals surface area (Å²) in [5.74, 6) is -0.584. The van der Waals surface area contributed by atoms with E-state index in [1.807, 2.05) is 26.8 Å². The standard InChI is InChI=1S/C13H16N2O3/c1-9(16)18-15(13(2,3)4)11-6-5-10(8-14)7-12(11)17/h5-7,17H,1-4H3. The molecule has 1 rings (SSSR count). The fraction of sp³-hybridized carbons (Fsp3) is 0.385. The van der Waals surface area contributed by atoms with Crippen LogP contribution in [0.15, 0.2) is 18.2 Å². The summed E-state index contributed by atoms with van der Waals surface area (Å²) >= 11 is 0. The second-order valence-corrected chi connectivity index (χ2v) is 4.86. The quantitative estimate of drug-likeness (QED) is 0.813. The Morgan fingerprint density at radius 1 is 1.44 bits per heavy atom. The van der Waals surface area contributed by atoms with E-state index in [0.29, 0.717) is 11.3 Å². The highest BCUT2D eigenvalue weighted by Gasteiger charge is 2.27. The maximum Gasteiger partial charge on any atom is 0.329 e. The highest BCUT2D eigenvalue weighted by Crippen LogP contribution is 2.33. The SMILES string of the molecule is CC(=O)ON(c1ccc(C#N)cc1O)C(C)(C)C. The Morgan fingerprint density at radius 3 is 2.44 bits per heavy atom. The van der Waals surface area contributed by atoms with Crippen molar-refractivity contribution in [2.45, 2.75) is 33.2 Å². The summed E-state index contributed by atoms with van der Waals surface area (Å²) in [6.45, 7) is 6.81. The van der Waals surface area contributed by atoms with Gasteiger partial charge in [-0.2, -0.15) is 10.3 Å². The van der Waals surface area contributed by atoms with Crippen LogP contribution in [0.3, 0.4) is 0 Å². The molecule has 96 valence electrons. The van der Waals surface area contributed by atoms with E-state index in [4.69, 9.17) is 10.1 Å². The van der Waals surface area contributed by atoms with Crippen LogP contribution in [-0.4, -0.2) is 16.6 Å². The Morgan fingerprint density at radius 2 is 2.06 bits per heavy atom. The minimum absolute atomic E-state index is 0.106. The molecule has 18 heavy (non-hydrogen) atoms. The van der Waals surface area contributed by atoms with Crippen LogP contribution in [-0.2, 0) is 9.63 Å². The molecule has 0 saturated carbocycles. The summed E-state index contributed by atoms with van der Waals surface area (Å²) in [6.07, 6.45) is 0. The molecule has 0 aliphatic carbocycles. The maximum atomic E-state index is 11.1. The van der Waals surface area contributed by atoms with E-state index in [0.717, 1.165) is 0 Å². The van der Waals surface area contributed by atoms with Gasteiger partial charge in [-0.1, -0.05) is 0 Å². The fourth-order valence-electron chi connectivity index (χ4n) is 1.44. The van der Waals surface area contributed by atoms with Gasteiger partial charge in [-0.05, 0) is 39.0 Å². The van der Waals surface area contributed by atoms with Gasteiger partial charge in [0, 0.05) is 6.92 Å². The van der Waals surface area contributed by atoms with Crippen LogP contribution in [0.2, 0.25) is 0 Å². The number of carbonyl (C=O) groups is 1. The molecule has 0 aliphatic rings. The topological polar surface area (TPSA) is 73.6 Å². The van der Waals surface area contributed by atoms with Gasteiger partial charge in [0.2, 0.25) is 0 Å². The smallest absolute Gasteiger partial charge is 0.329 e. The van der Waals surface area contributed by atoms with E-state index in [1.165, 1.54) is 18.1 Å². The summed E-state index contributed by atoms with van der Waals surface area (Å²) in [7, 11) is 0. The third kappa shape index (κ3) is 3.14. The molecule has 0 amide bonds. The first-order valence-electron chi connectivity index (χ1n) is 5.47. The normalized spacial score (nSPS) is 10.6. The van der Waals surface area contributed by atoms with Crippen molar-refractivity contribution in [2.75, 3.05) is 5.06 Å². The third-order valence-corrected chi connectivity index (χ3v) is 2.15. The molecule has 0 radical (unpaired) electrons. The zero-order valence-corrected chi connectivity index (χ0v) is 10.9. The highest BCUT2D eigenvalue weighted by molar-refractivity contribution is 5.69. The van der Waals surface area contributed by atoms with Gasteiger partial charge < -0.3 is 9.94 Å². The molecular weight excluding hydrogens is 232 g/mol. The van der Waals surface area contributed by atoms with E-state index in [2.05, 4.69) is 0 Å². The van der Waals surface area contributed by atoms with Gasteiger partial charge in [-0.25, -0.2) is 0 Å². The summed E-state index contributed by atoms with van der Waals surface area (Å²) in [4.78, 5) is 16.2. The molecule has 1 aromatic carbocycles. The monoisotopic (exact) mass is 248 g/mol. The van der Waals surface area contributed by atoms with Gasteiger partial charge in [-0.15, -0.1) is 0 Å². The number of nitrogens with zero attached hydrogens (tertiary/aromatic N) is 2. The van der Waals surface area contributed by atoms with E-state index < -0.39 is 11.5 Å². The van der Waals surface area contributed by atoms with Gasteiger partial charge >= 0.3 is 5.97 Å². The van der Waals surface area contributed by atoms with E-state index in [-0.39, 0.29) is 5.75 Å². The molecule has 0 unspecified atom stereocenters. The number of carbonyl (C=O) groups excluding carboxylic acids is 1. The summed E-state index contributed by atoms with van der Waals surface area (Å²) in [6, 6.07) is 6.35. The number of aromatic hydroxyl groups is 1. The lowest BCUT2D eigenvalue weighted by atomic mass is 10.1. The van der Waals surface area contributed by atoms with Crippen molar-refractivity contribution in [3.63, 3.8) is 0 Å². The van der Waals surface area contributed by atoms with Gasteiger partial charge in [0.1, 0.15) is 11.4 Å². The Hall–Kier alpha value is -2.22. The van der Waals surface area contributed by atoms with Crippen molar-refractivity contribution in [1.82, 2.24) is 0 Å². The predicted octanol–water partition coefficient (Wildman–Crippen LogP) is 2.35. The van der Waals surface area contributed by atoms with Crippen molar-refractivity contribution in [3.05, 3.63) is 23.8 Å². The number of benzene rings is 1. The average Bonchev–Trinajstić information content (AvgIpc) is 2.24. The van der Waals surface area contributed by atoms with Crippen LogP contribution < -0.4 is 5.06 Å². The number of phenolic OH excluding ortho intramolecular Hbond substituents is 1. The molecular formula is C13H16N2O3. The maximum absolute atomic E-state index is 11.1. The lowest BCUT2D eigenvalue weighted by molar-refractivity contribution is -0.144. The zero-order valence-electron chi connectivity index (χ0n) is 10.9. The predicted molar refractivity (Wildman–Crippen MR) is 66.8 cm³/mol. The highest BCUT2D eigenvalue weighted by atomic mass is 16.7. The number of hydrogen-bond donors (Lipinski definition) is 1. The number of hydroxylamine groups is 1. The van der Waals surface area contributed by atoms with Gasteiger partial charge in [0.15, 0.2) is 0 Å². The molecule has 0 spiro atoms. The van der Waals surface area contributed by atoms with Crippen LogP contribution in [0, 0.1) is 11.3 Å². The van der Waals surface area contributed by atoms with E-state index in [1.54, 1.807) is 12.1 Å². The molecule has 0 bridgehead atoms. The van der Waals surface area contributed by atoms with Gasteiger partial charge in [0.25, 0.3) is 0 Å². The van der Waals surface area contributed by atoms with Gasteiger partial charge in [-0.3, -0.25) is 4.79 Å². The first kappa shape index (κ1) is 13.8. The van der Waals surface area contributed by atoms with E-state index >= 15 is 0 Å². The molecule has 0 saturated heterocycles. The minimum atomic E-state index is -0.517. The van der Waals surface area contributed by atoms with Crippen molar-refractivity contribution in [3.8, 4) is 11.8 Å². The van der Waals surface area contributed by atoms with Gasteiger partial charge in [0.05, 0.1) is 17.2 Å². The van der Waals surface area contributed by atoms with Crippen LogP contribution in [0.5, 0.6) is 5.75 Å². The molecule has 5 nitrogen and oxygen atoms in total. The Labute approximate surface area is 106 Å². The lowest BCUT2D eigenvalue weighted by Crippen LogP contribution is -2.42. The van der Waals surface area contributed by atoms with Crippen molar-refractivity contribution in [1.29, 1.82) is 5.26 Å². The number of nitriles is 1. The van der Waals surface area contributed by atoms with Crippen LogP contribution in [0.1, 0.15) is 33.3 Å². The fourth-order valence-corrected chi connectivity index (χ4v) is 1.44. The molecule has 0 aliphatic heterocycles. The third-order valence-electron chi connectivity index (χ3n) is 2.15. The zero-order chi connectivity index (χ0) is 13.9. The summed E-state index contributed by atoms with van der Waals surface area (Å²) in [5.41, 5.74) is 0.168. The van der Waals surface area contributed by atoms with Crippen molar-refractivity contribution >= 4 is 11.7 Å².